The lowest BCUT2D eigenvalue weighted by molar-refractivity contribution is -0.255. The van der Waals surface area contributed by atoms with Crippen molar-refractivity contribution >= 4 is 44.1 Å². The van der Waals surface area contributed by atoms with Gasteiger partial charge in [0.15, 0.2) is 0 Å². The summed E-state index contributed by atoms with van der Waals surface area (Å²) in [6.45, 7) is -0.731. The average molecular weight is 419 g/mol. The second-order valence-electron chi connectivity index (χ2n) is 6.56. The van der Waals surface area contributed by atoms with Crippen LogP contribution in [0.15, 0.2) is 29.2 Å². The van der Waals surface area contributed by atoms with Gasteiger partial charge in [-0.25, -0.2) is 12.7 Å². The Hall–Kier alpha value is -2.72. The molecule has 0 atom stereocenters. The molecule has 1 aliphatic carbocycles. The summed E-state index contributed by atoms with van der Waals surface area (Å²) in [6, 6.07) is 5.73. The van der Waals surface area contributed by atoms with Crippen molar-refractivity contribution in [3.63, 3.8) is 0 Å². The fourth-order valence-electron chi connectivity index (χ4n) is 3.55. The Morgan fingerprint density at radius 2 is 1.89 bits per heavy atom. The molecule has 8 nitrogen and oxygen atoms in total. The van der Waals surface area contributed by atoms with Gasteiger partial charge in [-0.3, -0.25) is 9.59 Å². The zero-order valence-corrected chi connectivity index (χ0v) is 16.2. The van der Waals surface area contributed by atoms with E-state index in [1.165, 1.54) is 24.3 Å². The molecule has 2 heterocycles. The average Bonchev–Trinajstić information content (AvgIpc) is 3.11. The molecule has 4 rings (SSSR count). The minimum atomic E-state index is -4.11. The molecule has 0 bridgehead atoms. The van der Waals surface area contributed by atoms with Crippen molar-refractivity contribution in [3.05, 3.63) is 45.8 Å². The highest BCUT2D eigenvalue weighted by Crippen LogP contribution is 2.38. The first-order chi connectivity index (χ1) is 13.3. The minimum absolute atomic E-state index is 0.0114. The lowest BCUT2D eigenvalue weighted by atomic mass is 9.95. The number of thiophene rings is 1. The number of sulfonamides is 1. The third-order valence-corrected chi connectivity index (χ3v) is 7.82. The summed E-state index contributed by atoms with van der Waals surface area (Å²) in [5.74, 6) is -2.95. The number of carboxylic acids is 1. The number of nitrogens with one attached hydrogen (secondary N) is 1. The summed E-state index contributed by atoms with van der Waals surface area (Å²) in [5.41, 5.74) is 0.632. The zero-order chi connectivity index (χ0) is 20.1. The van der Waals surface area contributed by atoms with Crippen LogP contribution in [0.2, 0.25) is 0 Å². The summed E-state index contributed by atoms with van der Waals surface area (Å²) in [5, 5.41) is 14.2. The van der Waals surface area contributed by atoms with E-state index in [1.807, 2.05) is 0 Å². The van der Waals surface area contributed by atoms with Gasteiger partial charge in [0.1, 0.15) is 16.4 Å². The Balaban J connectivity index is 1.59. The normalized spacial score (nSPS) is 17.1. The molecule has 0 saturated heterocycles. The van der Waals surface area contributed by atoms with E-state index in [-0.39, 0.29) is 21.0 Å². The predicted octanol–water partition coefficient (Wildman–Crippen LogP) is 0.774. The standard InChI is InChI=1S/C18H16N2O6S2/c21-14(9-20-17(22)11-6-2-4-8-13(11)28(20,25)26)19-16-15(18(23)24)10-5-1-3-7-12(10)27-16/h2,4,6,8H,1,3,5,7,9H2,(H,19,21)(H,23,24)/p-1. The molecule has 10 heteroatoms. The summed E-state index contributed by atoms with van der Waals surface area (Å²) >= 11 is 1.16. The van der Waals surface area contributed by atoms with Gasteiger partial charge in [0.25, 0.3) is 15.9 Å². The Labute approximate surface area is 164 Å². The first-order valence-corrected chi connectivity index (χ1v) is 10.9. The van der Waals surface area contributed by atoms with Crippen LogP contribution in [0.5, 0.6) is 0 Å². The van der Waals surface area contributed by atoms with Crippen molar-refractivity contribution in [2.45, 2.75) is 30.6 Å². The van der Waals surface area contributed by atoms with Gasteiger partial charge in [0.2, 0.25) is 5.91 Å². The SMILES string of the molecule is O=C(CN1C(=O)c2ccccc2S1(=O)=O)Nc1sc2c(c1C(=O)[O-])CCCC2. The number of carboxylic acid groups (broad SMARTS) is 1. The molecule has 28 heavy (non-hydrogen) atoms. The van der Waals surface area contributed by atoms with E-state index in [0.717, 1.165) is 35.5 Å². The molecule has 1 N–H and O–H groups in total. The first kappa shape index (κ1) is 18.6. The zero-order valence-electron chi connectivity index (χ0n) is 14.6. The van der Waals surface area contributed by atoms with Gasteiger partial charge in [0.05, 0.1) is 11.5 Å². The van der Waals surface area contributed by atoms with Crippen molar-refractivity contribution in [1.82, 2.24) is 4.31 Å². The molecule has 2 amide bonds. The van der Waals surface area contributed by atoms with Crippen LogP contribution in [0.1, 0.15) is 44.0 Å². The van der Waals surface area contributed by atoms with Gasteiger partial charge in [-0.2, -0.15) is 0 Å². The molecule has 0 saturated carbocycles. The van der Waals surface area contributed by atoms with Gasteiger partial charge < -0.3 is 15.2 Å². The Morgan fingerprint density at radius 3 is 2.61 bits per heavy atom. The number of anilines is 1. The van der Waals surface area contributed by atoms with E-state index in [4.69, 9.17) is 0 Å². The molecule has 2 aromatic rings. The Morgan fingerprint density at radius 1 is 1.18 bits per heavy atom. The van der Waals surface area contributed by atoms with Crippen LogP contribution in [0.25, 0.3) is 0 Å². The quantitative estimate of drug-likeness (QED) is 0.781. The first-order valence-electron chi connectivity index (χ1n) is 8.62. The number of hydrogen-bond donors (Lipinski definition) is 1. The molecule has 1 aliphatic heterocycles. The van der Waals surface area contributed by atoms with E-state index in [1.54, 1.807) is 0 Å². The maximum Gasteiger partial charge on any atom is 0.269 e. The molecule has 0 spiro atoms. The number of nitrogens with zero attached hydrogens (tertiary/aromatic N) is 1. The summed E-state index contributed by atoms with van der Waals surface area (Å²) in [6.07, 6.45) is 3.12. The van der Waals surface area contributed by atoms with Crippen molar-refractivity contribution in [2.24, 2.45) is 0 Å². The van der Waals surface area contributed by atoms with Gasteiger partial charge >= 0.3 is 0 Å². The summed E-state index contributed by atoms with van der Waals surface area (Å²) < 4.78 is 25.6. The van der Waals surface area contributed by atoms with Crippen molar-refractivity contribution < 1.29 is 27.9 Å². The number of fused-ring (bicyclic) bond motifs is 2. The van der Waals surface area contributed by atoms with Crippen molar-refractivity contribution in [2.75, 3.05) is 11.9 Å². The molecule has 0 fully saturated rings. The Kier molecular flexibility index (Phi) is 4.47. The third-order valence-electron chi connectivity index (χ3n) is 4.83. The van der Waals surface area contributed by atoms with E-state index in [0.29, 0.717) is 16.3 Å². The lowest BCUT2D eigenvalue weighted by Crippen LogP contribution is -2.37. The van der Waals surface area contributed by atoms with Gasteiger partial charge in [-0.15, -0.1) is 11.3 Å². The van der Waals surface area contributed by atoms with Crippen LogP contribution in [0.4, 0.5) is 5.00 Å². The number of amides is 2. The highest BCUT2D eigenvalue weighted by atomic mass is 32.2. The number of carbonyl (C=O) groups is 3. The minimum Gasteiger partial charge on any atom is -0.545 e. The smallest absolute Gasteiger partial charge is 0.269 e. The number of aryl methyl sites for hydroxylation is 1. The van der Waals surface area contributed by atoms with Crippen LogP contribution in [-0.4, -0.2) is 37.1 Å². The monoisotopic (exact) mass is 419 g/mol. The van der Waals surface area contributed by atoms with E-state index < -0.39 is 34.4 Å². The summed E-state index contributed by atoms with van der Waals surface area (Å²) in [4.78, 5) is 37.2. The molecule has 2 aliphatic rings. The maximum atomic E-state index is 12.5. The fourth-order valence-corrected chi connectivity index (χ4v) is 6.37. The number of aromatic carboxylic acids is 1. The second kappa shape index (κ2) is 6.71. The number of benzene rings is 1. The Bertz CT molecular complexity index is 1120. The van der Waals surface area contributed by atoms with Crippen molar-refractivity contribution in [1.29, 1.82) is 0 Å². The highest BCUT2D eigenvalue weighted by molar-refractivity contribution is 7.90. The predicted molar refractivity (Wildman–Crippen MR) is 98.6 cm³/mol. The van der Waals surface area contributed by atoms with Gasteiger partial charge in [0, 0.05) is 10.4 Å². The molecule has 0 unspecified atom stereocenters. The topological polar surface area (TPSA) is 124 Å². The molecule has 0 radical (unpaired) electrons. The molecule has 1 aromatic heterocycles. The lowest BCUT2D eigenvalue weighted by Gasteiger charge is -2.15. The number of rotatable bonds is 4. The molecule has 1 aromatic carbocycles. The molecular formula is C18H15N2O6S2-. The van der Waals surface area contributed by atoms with E-state index in [9.17, 15) is 27.9 Å². The van der Waals surface area contributed by atoms with Crippen molar-refractivity contribution in [3.8, 4) is 0 Å². The fraction of sp³-hybridized carbons (Fsp3) is 0.278. The van der Waals surface area contributed by atoms with Crippen LogP contribution >= 0.6 is 11.3 Å². The second-order valence-corrected chi connectivity index (χ2v) is 9.50. The van der Waals surface area contributed by atoms with Crippen LogP contribution in [0.3, 0.4) is 0 Å². The number of hydrogen-bond acceptors (Lipinski definition) is 7. The molecule has 146 valence electrons. The highest BCUT2D eigenvalue weighted by Gasteiger charge is 2.41. The van der Waals surface area contributed by atoms with E-state index in [2.05, 4.69) is 5.32 Å². The van der Waals surface area contributed by atoms with Crippen LogP contribution in [0, 0.1) is 0 Å². The third kappa shape index (κ3) is 2.89. The van der Waals surface area contributed by atoms with E-state index >= 15 is 0 Å². The van der Waals surface area contributed by atoms with Gasteiger partial charge in [-0.1, -0.05) is 12.1 Å². The van der Waals surface area contributed by atoms with Crippen LogP contribution in [-0.2, 0) is 27.7 Å². The van der Waals surface area contributed by atoms with Gasteiger partial charge in [-0.05, 0) is 43.4 Å². The largest absolute Gasteiger partial charge is 0.545 e. The van der Waals surface area contributed by atoms with Crippen LogP contribution < -0.4 is 10.4 Å². The summed E-state index contributed by atoms with van der Waals surface area (Å²) in [7, 11) is -4.11. The molecular weight excluding hydrogens is 404 g/mol. The maximum absolute atomic E-state index is 12.5. The number of carbonyl (C=O) groups excluding carboxylic acids is 3.